The van der Waals surface area contributed by atoms with Crippen LogP contribution in [0.4, 0.5) is 4.79 Å². The minimum atomic E-state index is -0.0332. The highest BCUT2D eigenvalue weighted by atomic mass is 32.1. The fourth-order valence-corrected chi connectivity index (χ4v) is 5.72. The Hall–Kier alpha value is -3.41. The number of nitrogens with zero attached hydrogens (tertiary/aromatic N) is 4. The molecule has 194 valence electrons. The molecule has 1 saturated heterocycles. The van der Waals surface area contributed by atoms with Gasteiger partial charge in [-0.3, -0.25) is 0 Å². The Kier molecular flexibility index (Phi) is 8.47. The zero-order valence-electron chi connectivity index (χ0n) is 22.1. The number of urea groups is 1. The number of benzene rings is 1. The molecule has 4 rings (SSSR count). The molecule has 2 amide bonds. The van der Waals surface area contributed by atoms with Crippen LogP contribution in [0.5, 0.6) is 5.75 Å². The minimum absolute atomic E-state index is 0.00177. The largest absolute Gasteiger partial charge is 0.490 e. The summed E-state index contributed by atoms with van der Waals surface area (Å²) in [7, 11) is 2.08. The predicted molar refractivity (Wildman–Crippen MR) is 150 cm³/mol. The molecule has 1 aromatic heterocycles. The van der Waals surface area contributed by atoms with Gasteiger partial charge in [0.05, 0.1) is 22.6 Å². The first-order chi connectivity index (χ1) is 17.8. The normalized spacial score (nSPS) is 20.7. The molecule has 1 aromatic carbocycles. The molecule has 2 aromatic rings. The quantitative estimate of drug-likeness (QED) is 0.549. The van der Waals surface area contributed by atoms with E-state index in [0.29, 0.717) is 11.3 Å². The summed E-state index contributed by atoms with van der Waals surface area (Å²) in [6, 6.07) is 7.84. The first kappa shape index (κ1) is 26.6. The lowest BCUT2D eigenvalue weighted by molar-refractivity contribution is 0.153. The van der Waals surface area contributed by atoms with Crippen LogP contribution in [-0.2, 0) is 0 Å². The molecular weight excluding hydrogens is 482 g/mol. The summed E-state index contributed by atoms with van der Waals surface area (Å²) < 4.78 is 5.76. The van der Waals surface area contributed by atoms with Gasteiger partial charge in [-0.25, -0.2) is 9.78 Å². The third-order valence-electron chi connectivity index (χ3n) is 6.83. The second-order valence-electron chi connectivity index (χ2n) is 9.81. The Morgan fingerprint density at radius 1 is 1.32 bits per heavy atom. The molecule has 2 fully saturated rings. The molecule has 37 heavy (non-hydrogen) atoms. The van der Waals surface area contributed by atoms with Gasteiger partial charge in [0, 0.05) is 37.9 Å². The molecular formula is C29H35N5O2S. The molecule has 2 heterocycles. The smallest absolute Gasteiger partial charge is 0.317 e. The maximum absolute atomic E-state index is 12.9. The fourth-order valence-electron chi connectivity index (χ4n) is 4.78. The number of rotatable bonds is 6. The lowest BCUT2D eigenvalue weighted by Crippen LogP contribution is -2.52. The Morgan fingerprint density at radius 2 is 2.08 bits per heavy atom. The molecule has 1 aliphatic carbocycles. The van der Waals surface area contributed by atoms with E-state index in [1.165, 1.54) is 5.57 Å². The third-order valence-corrected chi connectivity index (χ3v) is 8.00. The third kappa shape index (κ3) is 6.12. The second kappa shape index (κ2) is 11.8. The van der Waals surface area contributed by atoms with Gasteiger partial charge < -0.3 is 19.9 Å². The Labute approximate surface area is 223 Å². The number of amides is 2. The van der Waals surface area contributed by atoms with E-state index in [4.69, 9.17) is 4.74 Å². The number of carbonyl (C=O) groups excluding carboxylic acids is 1. The van der Waals surface area contributed by atoms with Crippen LogP contribution in [0.2, 0.25) is 0 Å². The number of thiazole rings is 1. The number of likely N-dealkylation sites (N-methyl/N-ethyl adjacent to an activating group) is 1. The molecule has 1 N–H and O–H groups in total. The van der Waals surface area contributed by atoms with E-state index in [1.807, 2.05) is 49.2 Å². The van der Waals surface area contributed by atoms with Crippen molar-refractivity contribution >= 4 is 22.9 Å². The summed E-state index contributed by atoms with van der Waals surface area (Å²) in [5, 5.41) is 13.7. The van der Waals surface area contributed by atoms with Crippen LogP contribution >= 0.6 is 11.3 Å². The zero-order valence-corrected chi connectivity index (χ0v) is 22.9. The minimum Gasteiger partial charge on any atom is -0.490 e. The Balaban J connectivity index is 1.54. The lowest BCUT2D eigenvalue weighted by Gasteiger charge is -2.33. The number of nitrogens with one attached hydrogen (secondary N) is 1. The van der Waals surface area contributed by atoms with Crippen LogP contribution in [0.1, 0.15) is 44.1 Å². The number of carbonyl (C=O) groups is 1. The van der Waals surface area contributed by atoms with Crippen LogP contribution in [0.25, 0.3) is 16.1 Å². The van der Waals surface area contributed by atoms with E-state index in [2.05, 4.69) is 41.8 Å². The molecule has 1 atom stereocenters. The first-order valence-corrected chi connectivity index (χ1v) is 13.6. The van der Waals surface area contributed by atoms with E-state index < -0.39 is 0 Å². The number of allylic oxidation sites excluding steroid dienone is 3. The van der Waals surface area contributed by atoms with E-state index in [9.17, 15) is 10.1 Å². The summed E-state index contributed by atoms with van der Waals surface area (Å²) >= 11 is 1.61. The fraction of sp³-hybridized carbons (Fsp3) is 0.414. The maximum Gasteiger partial charge on any atom is 0.317 e. The van der Waals surface area contributed by atoms with Gasteiger partial charge in [-0.15, -0.1) is 11.3 Å². The number of nitriles is 1. The molecule has 0 bridgehead atoms. The monoisotopic (exact) mass is 517 g/mol. The van der Waals surface area contributed by atoms with Gasteiger partial charge in [-0.2, -0.15) is 5.26 Å². The number of hydrogen-bond acceptors (Lipinski definition) is 6. The number of aromatic nitrogens is 1. The maximum atomic E-state index is 12.9. The van der Waals surface area contributed by atoms with Gasteiger partial charge in [0.15, 0.2) is 0 Å². The standard InChI is InChI=1S/C29H35N5O2S/c1-6-7-24-23(9-10-25(24)32-29(35)34-14-12-33(5)13-15-34)20(4)27-18-31-28(37-27)21-8-11-26(36-19(2)3)22(16-21)17-30/h6-8,11,16,18-19,25H,1,9-10,12-15H2,2-5H3,(H,32,35)/b23-20+,24-7?. The summed E-state index contributed by atoms with van der Waals surface area (Å²) in [5.74, 6) is 0.589. The summed E-state index contributed by atoms with van der Waals surface area (Å²) in [5.41, 5.74) is 4.91. The molecule has 0 radical (unpaired) electrons. The number of ether oxygens (including phenoxy) is 1. The van der Waals surface area contributed by atoms with Crippen LogP contribution in [0, 0.1) is 11.3 Å². The van der Waals surface area contributed by atoms with Gasteiger partial charge >= 0.3 is 6.03 Å². The van der Waals surface area contributed by atoms with Gasteiger partial charge in [0.2, 0.25) is 0 Å². The molecule has 1 aliphatic heterocycles. The molecule has 7 nitrogen and oxygen atoms in total. The summed E-state index contributed by atoms with van der Waals surface area (Å²) in [6.45, 7) is 13.2. The zero-order chi connectivity index (χ0) is 26.5. The SMILES string of the molecule is C=CC=C1/C(=C(\C)c2cnc(-c3ccc(OC(C)C)c(C#N)c3)s2)CCC1NC(=O)N1CCN(C)CC1. The van der Waals surface area contributed by atoms with Crippen molar-refractivity contribution < 1.29 is 9.53 Å². The molecule has 2 aliphatic rings. The number of piperazine rings is 1. The van der Waals surface area contributed by atoms with Crippen LogP contribution in [0.15, 0.2) is 54.3 Å². The highest BCUT2D eigenvalue weighted by Gasteiger charge is 2.30. The predicted octanol–water partition coefficient (Wildman–Crippen LogP) is 5.47. The van der Waals surface area contributed by atoms with E-state index in [-0.39, 0.29) is 18.2 Å². The van der Waals surface area contributed by atoms with E-state index in [0.717, 1.165) is 65.6 Å². The first-order valence-electron chi connectivity index (χ1n) is 12.7. The second-order valence-corrected chi connectivity index (χ2v) is 10.8. The van der Waals surface area contributed by atoms with Crippen LogP contribution < -0.4 is 10.1 Å². The van der Waals surface area contributed by atoms with Gasteiger partial charge in [0.25, 0.3) is 0 Å². The van der Waals surface area contributed by atoms with Gasteiger partial charge in [-0.05, 0) is 75.6 Å². The van der Waals surface area contributed by atoms with Crippen molar-refractivity contribution in [2.45, 2.75) is 45.8 Å². The van der Waals surface area contributed by atoms with Crippen molar-refractivity contribution in [2.75, 3.05) is 33.2 Å². The molecule has 0 spiro atoms. The molecule has 1 saturated carbocycles. The lowest BCUT2D eigenvalue weighted by atomic mass is 10.0. The topological polar surface area (TPSA) is 81.5 Å². The highest BCUT2D eigenvalue weighted by Crippen LogP contribution is 2.39. The van der Waals surface area contributed by atoms with Gasteiger partial charge in [-0.1, -0.05) is 18.7 Å². The summed E-state index contributed by atoms with van der Waals surface area (Å²) in [6.07, 6.45) is 7.46. The van der Waals surface area contributed by atoms with Crippen molar-refractivity contribution in [3.05, 3.63) is 64.7 Å². The highest BCUT2D eigenvalue weighted by molar-refractivity contribution is 7.16. The molecule has 8 heteroatoms. The Bertz CT molecular complexity index is 1260. The van der Waals surface area contributed by atoms with E-state index in [1.54, 1.807) is 17.4 Å². The van der Waals surface area contributed by atoms with Crippen molar-refractivity contribution in [2.24, 2.45) is 0 Å². The Morgan fingerprint density at radius 3 is 2.76 bits per heavy atom. The summed E-state index contributed by atoms with van der Waals surface area (Å²) in [4.78, 5) is 22.8. The number of hydrogen-bond donors (Lipinski definition) is 1. The van der Waals surface area contributed by atoms with Gasteiger partial charge in [0.1, 0.15) is 16.8 Å². The van der Waals surface area contributed by atoms with Crippen molar-refractivity contribution in [3.63, 3.8) is 0 Å². The van der Waals surface area contributed by atoms with Crippen LogP contribution in [0.3, 0.4) is 0 Å². The van der Waals surface area contributed by atoms with Crippen LogP contribution in [-0.4, -0.2) is 66.2 Å². The van der Waals surface area contributed by atoms with Crippen molar-refractivity contribution in [1.82, 2.24) is 20.1 Å². The van der Waals surface area contributed by atoms with Crippen molar-refractivity contribution in [3.8, 4) is 22.4 Å². The molecule has 1 unspecified atom stereocenters. The van der Waals surface area contributed by atoms with Crippen molar-refractivity contribution in [1.29, 1.82) is 5.26 Å². The average Bonchev–Trinajstić information content (AvgIpc) is 3.52. The average molecular weight is 518 g/mol. The van der Waals surface area contributed by atoms with E-state index >= 15 is 0 Å².